The number of hydrogen-bond donors (Lipinski definition) is 1. The Morgan fingerprint density at radius 1 is 1.41 bits per heavy atom. The normalized spacial score (nSPS) is 10.4. The van der Waals surface area contributed by atoms with Crippen molar-refractivity contribution in [2.45, 2.75) is 13.5 Å². The first kappa shape index (κ1) is 11.6. The quantitative estimate of drug-likeness (QED) is 0.904. The first-order chi connectivity index (χ1) is 8.08. The highest BCUT2D eigenvalue weighted by atomic mass is 32.1. The number of aryl methyl sites for hydroxylation is 1. The Hall–Kier alpha value is -1.88. The molecule has 88 valence electrons. The molecule has 2 aromatic heterocycles. The minimum absolute atomic E-state index is 0.194. The van der Waals surface area contributed by atoms with Crippen LogP contribution in [0, 0.1) is 6.92 Å². The lowest BCUT2D eigenvalue weighted by Crippen LogP contribution is -2.25. The zero-order chi connectivity index (χ0) is 12.4. The summed E-state index contributed by atoms with van der Waals surface area (Å²) < 4.78 is 1.41. The van der Waals surface area contributed by atoms with E-state index in [9.17, 15) is 9.59 Å². The lowest BCUT2D eigenvalue weighted by atomic mass is 10.3. The number of aromatic nitrogens is 1. The molecule has 0 aliphatic heterocycles. The third kappa shape index (κ3) is 2.45. The molecule has 0 aliphatic carbocycles. The molecule has 2 aromatic rings. The molecule has 1 N–H and O–H groups in total. The summed E-state index contributed by atoms with van der Waals surface area (Å²) >= 11 is 1.60. The fourth-order valence-electron chi connectivity index (χ4n) is 1.56. The molecule has 0 atom stereocenters. The Morgan fingerprint density at radius 3 is 2.76 bits per heavy atom. The van der Waals surface area contributed by atoms with Crippen molar-refractivity contribution in [3.05, 3.63) is 56.1 Å². The van der Waals surface area contributed by atoms with Crippen molar-refractivity contribution < 1.29 is 9.90 Å². The van der Waals surface area contributed by atoms with Gasteiger partial charge in [-0.2, -0.15) is 0 Å². The van der Waals surface area contributed by atoms with Crippen molar-refractivity contribution in [2.75, 3.05) is 0 Å². The predicted octanol–water partition coefficient (Wildman–Crippen LogP) is 1.96. The van der Waals surface area contributed by atoms with Crippen LogP contribution in [0.3, 0.4) is 0 Å². The van der Waals surface area contributed by atoms with Crippen LogP contribution in [0.1, 0.15) is 20.1 Å². The van der Waals surface area contributed by atoms with Gasteiger partial charge in [-0.25, -0.2) is 4.79 Å². The molecule has 0 unspecified atom stereocenters. The smallest absolute Gasteiger partial charge is 0.341 e. The number of carboxylic acid groups (broad SMARTS) is 1. The maximum atomic E-state index is 11.8. The van der Waals surface area contributed by atoms with E-state index in [1.165, 1.54) is 15.5 Å². The van der Waals surface area contributed by atoms with E-state index in [-0.39, 0.29) is 5.56 Å². The van der Waals surface area contributed by atoms with Crippen molar-refractivity contribution in [1.29, 1.82) is 0 Å². The van der Waals surface area contributed by atoms with Gasteiger partial charge in [0.2, 0.25) is 0 Å². The maximum absolute atomic E-state index is 11.8. The summed E-state index contributed by atoms with van der Waals surface area (Å²) in [5.74, 6) is -1.19. The first-order valence-electron chi connectivity index (χ1n) is 5.06. The number of carbonyl (C=O) groups is 1. The van der Waals surface area contributed by atoms with Crippen LogP contribution in [-0.2, 0) is 6.54 Å². The Balaban J connectivity index is 2.37. The Kier molecular flexibility index (Phi) is 3.10. The molecule has 0 saturated carbocycles. The molecule has 17 heavy (non-hydrogen) atoms. The maximum Gasteiger partial charge on any atom is 0.341 e. The van der Waals surface area contributed by atoms with Crippen LogP contribution in [0.2, 0.25) is 0 Å². The first-order valence-corrected chi connectivity index (χ1v) is 5.87. The topological polar surface area (TPSA) is 59.3 Å². The van der Waals surface area contributed by atoms with Gasteiger partial charge in [0.25, 0.3) is 5.56 Å². The summed E-state index contributed by atoms with van der Waals surface area (Å²) in [6, 6.07) is 6.82. The summed E-state index contributed by atoms with van der Waals surface area (Å²) in [5, 5.41) is 8.85. The van der Waals surface area contributed by atoms with E-state index >= 15 is 0 Å². The van der Waals surface area contributed by atoms with Crippen LogP contribution >= 0.6 is 11.3 Å². The largest absolute Gasteiger partial charge is 0.477 e. The molecule has 0 fully saturated rings. The second-order valence-electron chi connectivity index (χ2n) is 3.67. The van der Waals surface area contributed by atoms with Crippen molar-refractivity contribution >= 4 is 17.3 Å². The molecule has 2 heterocycles. The number of rotatable bonds is 3. The van der Waals surface area contributed by atoms with Crippen LogP contribution in [0.4, 0.5) is 0 Å². The van der Waals surface area contributed by atoms with E-state index in [0.717, 1.165) is 4.88 Å². The summed E-state index contributed by atoms with van der Waals surface area (Å²) in [7, 11) is 0. The minimum atomic E-state index is -1.19. The highest BCUT2D eigenvalue weighted by Gasteiger charge is 2.10. The standard InChI is InChI=1S/C12H11NO3S/c1-8-4-5-9(17-8)7-13-6-2-3-10(11(13)14)12(15)16/h2-6H,7H2,1H3,(H,15,16). The summed E-state index contributed by atoms with van der Waals surface area (Å²) in [6.07, 6.45) is 1.60. The van der Waals surface area contributed by atoms with Gasteiger partial charge in [-0.1, -0.05) is 0 Å². The van der Waals surface area contributed by atoms with Gasteiger partial charge in [0.05, 0.1) is 6.54 Å². The van der Waals surface area contributed by atoms with Gasteiger partial charge < -0.3 is 9.67 Å². The number of carboxylic acids is 1. The number of aromatic carboxylic acids is 1. The summed E-state index contributed by atoms with van der Waals surface area (Å²) in [6.45, 7) is 2.41. The molecule has 0 saturated heterocycles. The van der Waals surface area contributed by atoms with Crippen molar-refractivity contribution in [3.63, 3.8) is 0 Å². The predicted molar refractivity (Wildman–Crippen MR) is 65.8 cm³/mol. The van der Waals surface area contributed by atoms with Gasteiger partial charge in [-0.05, 0) is 31.2 Å². The van der Waals surface area contributed by atoms with Crippen molar-refractivity contribution in [3.8, 4) is 0 Å². The summed E-state index contributed by atoms with van der Waals surface area (Å²) in [5.41, 5.74) is -0.660. The molecule has 0 radical (unpaired) electrons. The second kappa shape index (κ2) is 4.55. The van der Waals surface area contributed by atoms with Crippen LogP contribution in [-0.4, -0.2) is 15.6 Å². The van der Waals surface area contributed by atoms with Gasteiger partial charge >= 0.3 is 5.97 Å². The van der Waals surface area contributed by atoms with Crippen molar-refractivity contribution in [2.24, 2.45) is 0 Å². The summed E-state index contributed by atoms with van der Waals surface area (Å²) in [4.78, 5) is 24.8. The van der Waals surface area contributed by atoms with Gasteiger partial charge in [0.15, 0.2) is 0 Å². The third-order valence-corrected chi connectivity index (χ3v) is 3.36. The molecule has 2 rings (SSSR count). The van der Waals surface area contributed by atoms with Gasteiger partial charge in [-0.3, -0.25) is 4.79 Å². The zero-order valence-electron chi connectivity index (χ0n) is 9.21. The van der Waals surface area contributed by atoms with E-state index in [2.05, 4.69) is 0 Å². The van der Waals surface area contributed by atoms with Gasteiger partial charge in [-0.15, -0.1) is 11.3 Å². The second-order valence-corrected chi connectivity index (χ2v) is 5.04. The van der Waals surface area contributed by atoms with E-state index in [1.54, 1.807) is 23.6 Å². The number of pyridine rings is 1. The van der Waals surface area contributed by atoms with E-state index in [1.807, 2.05) is 19.1 Å². The molecule has 0 bridgehead atoms. The fraction of sp³-hybridized carbons (Fsp3) is 0.167. The lowest BCUT2D eigenvalue weighted by molar-refractivity contribution is 0.0694. The van der Waals surface area contributed by atoms with Crippen LogP contribution in [0.15, 0.2) is 35.3 Å². The monoisotopic (exact) mass is 249 g/mol. The molecule has 5 heteroatoms. The highest BCUT2D eigenvalue weighted by molar-refractivity contribution is 7.11. The molecule has 0 aromatic carbocycles. The highest BCUT2D eigenvalue weighted by Crippen LogP contribution is 2.15. The zero-order valence-corrected chi connectivity index (χ0v) is 10.0. The van der Waals surface area contributed by atoms with E-state index < -0.39 is 11.5 Å². The number of thiophene rings is 1. The average Bonchev–Trinajstić information content (AvgIpc) is 2.67. The molecule has 0 aliphatic rings. The van der Waals surface area contributed by atoms with E-state index in [0.29, 0.717) is 6.54 Å². The average molecular weight is 249 g/mol. The van der Waals surface area contributed by atoms with Crippen molar-refractivity contribution in [1.82, 2.24) is 4.57 Å². The van der Waals surface area contributed by atoms with Gasteiger partial charge in [0.1, 0.15) is 5.56 Å². The third-order valence-electron chi connectivity index (χ3n) is 2.37. The molecular weight excluding hydrogens is 238 g/mol. The Labute approximate surface area is 102 Å². The molecule has 0 amide bonds. The number of nitrogens with zero attached hydrogens (tertiary/aromatic N) is 1. The van der Waals surface area contributed by atoms with Crippen LogP contribution in [0.5, 0.6) is 0 Å². The fourth-order valence-corrected chi connectivity index (χ4v) is 2.45. The minimum Gasteiger partial charge on any atom is -0.477 e. The Morgan fingerprint density at radius 2 is 2.18 bits per heavy atom. The number of hydrogen-bond acceptors (Lipinski definition) is 3. The Bertz CT molecular complexity index is 612. The SMILES string of the molecule is Cc1ccc(Cn2cccc(C(=O)O)c2=O)s1. The lowest BCUT2D eigenvalue weighted by Gasteiger charge is -2.04. The van der Waals surface area contributed by atoms with Crippen LogP contribution in [0.25, 0.3) is 0 Å². The van der Waals surface area contributed by atoms with E-state index in [4.69, 9.17) is 5.11 Å². The van der Waals surface area contributed by atoms with Gasteiger partial charge in [0, 0.05) is 16.0 Å². The molecule has 0 spiro atoms. The molecular formula is C12H11NO3S. The van der Waals surface area contributed by atoms with Crippen LogP contribution < -0.4 is 5.56 Å². The molecule has 4 nitrogen and oxygen atoms in total.